The summed E-state index contributed by atoms with van der Waals surface area (Å²) in [5.41, 5.74) is 5.92. The lowest BCUT2D eigenvalue weighted by molar-refractivity contribution is 0.414. The van der Waals surface area contributed by atoms with Gasteiger partial charge in [-0.3, -0.25) is 5.43 Å². The first-order valence-corrected chi connectivity index (χ1v) is 11.4. The van der Waals surface area contributed by atoms with Crippen molar-refractivity contribution in [2.45, 2.75) is 5.75 Å². The van der Waals surface area contributed by atoms with Crippen molar-refractivity contribution in [1.29, 1.82) is 0 Å². The van der Waals surface area contributed by atoms with Crippen molar-refractivity contribution in [3.05, 3.63) is 72.2 Å². The zero-order valence-corrected chi connectivity index (χ0v) is 17.7. The van der Waals surface area contributed by atoms with Crippen LogP contribution < -0.4 is 10.2 Å². The van der Waals surface area contributed by atoms with Gasteiger partial charge < -0.3 is 4.74 Å². The van der Waals surface area contributed by atoms with Crippen LogP contribution in [0, 0.1) is 0 Å². The van der Waals surface area contributed by atoms with E-state index in [9.17, 15) is 8.42 Å². The standard InChI is InChI=1S/C21H20N6O3S/c1-30-18-5-3-4-17(10-18)27-21-19(12-25-27)20(22-14-23-21)26-24-11-15-6-8-16(9-7-15)13-31(2,28)29/h3-12,14H,13H2,1-2H3,(H,22,23,26)/b24-11+. The minimum Gasteiger partial charge on any atom is -0.497 e. The van der Waals surface area contributed by atoms with E-state index in [-0.39, 0.29) is 5.75 Å². The van der Waals surface area contributed by atoms with E-state index >= 15 is 0 Å². The highest BCUT2D eigenvalue weighted by molar-refractivity contribution is 7.89. The van der Waals surface area contributed by atoms with Gasteiger partial charge in [0.15, 0.2) is 21.3 Å². The summed E-state index contributed by atoms with van der Waals surface area (Å²) >= 11 is 0. The Hall–Kier alpha value is -3.79. The van der Waals surface area contributed by atoms with Crippen molar-refractivity contribution in [1.82, 2.24) is 19.7 Å². The maximum absolute atomic E-state index is 11.4. The molecule has 9 nitrogen and oxygen atoms in total. The molecule has 0 amide bonds. The fourth-order valence-electron chi connectivity index (χ4n) is 3.03. The third-order valence-electron chi connectivity index (χ3n) is 4.46. The van der Waals surface area contributed by atoms with E-state index in [0.29, 0.717) is 16.9 Å². The summed E-state index contributed by atoms with van der Waals surface area (Å²) in [6, 6.07) is 14.7. The number of nitrogens with one attached hydrogen (secondary N) is 1. The number of benzene rings is 2. The molecule has 2 heterocycles. The monoisotopic (exact) mass is 436 g/mol. The van der Waals surface area contributed by atoms with E-state index in [1.165, 1.54) is 12.6 Å². The Morgan fingerprint density at radius 3 is 2.71 bits per heavy atom. The van der Waals surface area contributed by atoms with Crippen LogP contribution in [0.4, 0.5) is 5.82 Å². The molecule has 4 rings (SSSR count). The highest BCUT2D eigenvalue weighted by atomic mass is 32.2. The van der Waals surface area contributed by atoms with E-state index < -0.39 is 9.84 Å². The molecule has 0 bridgehead atoms. The van der Waals surface area contributed by atoms with E-state index in [1.807, 2.05) is 36.4 Å². The lowest BCUT2D eigenvalue weighted by Gasteiger charge is -2.06. The Labute approximate surface area is 179 Å². The highest BCUT2D eigenvalue weighted by Gasteiger charge is 2.11. The van der Waals surface area contributed by atoms with Crippen molar-refractivity contribution in [3.8, 4) is 11.4 Å². The molecule has 0 atom stereocenters. The van der Waals surface area contributed by atoms with E-state index in [0.717, 1.165) is 22.6 Å². The predicted molar refractivity (Wildman–Crippen MR) is 119 cm³/mol. The molecule has 0 aliphatic rings. The quantitative estimate of drug-likeness (QED) is 0.350. The maximum Gasteiger partial charge on any atom is 0.168 e. The van der Waals surface area contributed by atoms with Gasteiger partial charge in [0.1, 0.15) is 12.1 Å². The van der Waals surface area contributed by atoms with Gasteiger partial charge in [0.2, 0.25) is 0 Å². The molecule has 0 fully saturated rings. The molecule has 0 unspecified atom stereocenters. The smallest absolute Gasteiger partial charge is 0.168 e. The molecule has 31 heavy (non-hydrogen) atoms. The summed E-state index contributed by atoms with van der Waals surface area (Å²) in [6.07, 6.45) is 5.96. The average Bonchev–Trinajstić information content (AvgIpc) is 3.19. The van der Waals surface area contributed by atoms with Gasteiger partial charge in [0, 0.05) is 12.3 Å². The Bertz CT molecular complexity index is 1350. The van der Waals surface area contributed by atoms with Gasteiger partial charge in [-0.2, -0.15) is 10.2 Å². The molecule has 4 aromatic rings. The molecule has 0 radical (unpaired) electrons. The van der Waals surface area contributed by atoms with Gasteiger partial charge in [-0.25, -0.2) is 23.1 Å². The third kappa shape index (κ3) is 4.86. The average molecular weight is 436 g/mol. The molecule has 2 aromatic carbocycles. The number of hydrogen-bond acceptors (Lipinski definition) is 8. The second kappa shape index (κ2) is 8.52. The largest absolute Gasteiger partial charge is 0.497 e. The highest BCUT2D eigenvalue weighted by Crippen LogP contribution is 2.23. The van der Waals surface area contributed by atoms with Crippen molar-refractivity contribution >= 4 is 32.9 Å². The number of hydrazone groups is 1. The Morgan fingerprint density at radius 2 is 1.97 bits per heavy atom. The van der Waals surface area contributed by atoms with Crippen LogP contribution >= 0.6 is 0 Å². The second-order valence-corrected chi connectivity index (χ2v) is 9.04. The first-order valence-electron chi connectivity index (χ1n) is 9.32. The van der Waals surface area contributed by atoms with E-state index in [2.05, 4.69) is 25.6 Å². The van der Waals surface area contributed by atoms with Crippen molar-refractivity contribution in [2.75, 3.05) is 18.8 Å². The second-order valence-electron chi connectivity index (χ2n) is 6.90. The number of anilines is 1. The van der Waals surface area contributed by atoms with Crippen LogP contribution in [0.1, 0.15) is 11.1 Å². The number of aromatic nitrogens is 4. The van der Waals surface area contributed by atoms with E-state index in [1.54, 1.807) is 36.3 Å². The van der Waals surface area contributed by atoms with Gasteiger partial charge in [-0.05, 0) is 23.3 Å². The SMILES string of the molecule is COc1cccc(-n2ncc3c(N/N=C/c4ccc(CS(C)(=O)=O)cc4)ncnc32)c1. The van der Waals surface area contributed by atoms with Gasteiger partial charge >= 0.3 is 0 Å². The molecular formula is C21H20N6O3S. The Kier molecular flexibility index (Phi) is 5.63. The zero-order valence-electron chi connectivity index (χ0n) is 16.9. The number of sulfone groups is 1. The molecule has 2 aromatic heterocycles. The van der Waals surface area contributed by atoms with Crippen LogP contribution in [0.25, 0.3) is 16.7 Å². The van der Waals surface area contributed by atoms with Gasteiger partial charge in [-0.15, -0.1) is 0 Å². The van der Waals surface area contributed by atoms with Crippen LogP contribution in [-0.4, -0.2) is 47.7 Å². The third-order valence-corrected chi connectivity index (χ3v) is 5.31. The first kappa shape index (κ1) is 20.5. The van der Waals surface area contributed by atoms with Gasteiger partial charge in [-0.1, -0.05) is 30.3 Å². The molecule has 0 aliphatic heterocycles. The van der Waals surface area contributed by atoms with Gasteiger partial charge in [0.05, 0.1) is 36.3 Å². The minimum absolute atomic E-state index is 0.0128. The predicted octanol–water partition coefficient (Wildman–Crippen LogP) is 2.81. The normalized spacial score (nSPS) is 11.8. The van der Waals surface area contributed by atoms with Crippen LogP contribution in [0.5, 0.6) is 5.75 Å². The number of ether oxygens (including phenoxy) is 1. The van der Waals surface area contributed by atoms with Crippen molar-refractivity contribution < 1.29 is 13.2 Å². The molecule has 0 saturated heterocycles. The van der Waals surface area contributed by atoms with E-state index in [4.69, 9.17) is 4.74 Å². The van der Waals surface area contributed by atoms with Crippen molar-refractivity contribution in [2.24, 2.45) is 5.10 Å². The van der Waals surface area contributed by atoms with Crippen LogP contribution in [0.3, 0.4) is 0 Å². The first-order chi connectivity index (χ1) is 14.9. The van der Waals surface area contributed by atoms with Crippen LogP contribution in [0.15, 0.2) is 66.2 Å². The summed E-state index contributed by atoms with van der Waals surface area (Å²) < 4.78 is 29.8. The topological polar surface area (TPSA) is 111 Å². The Morgan fingerprint density at radius 1 is 1.16 bits per heavy atom. The lowest BCUT2D eigenvalue weighted by atomic mass is 10.2. The summed E-state index contributed by atoms with van der Waals surface area (Å²) in [7, 11) is -1.45. The minimum atomic E-state index is -3.06. The fraction of sp³-hybridized carbons (Fsp3) is 0.143. The number of rotatable bonds is 7. The molecule has 0 saturated carbocycles. The summed E-state index contributed by atoms with van der Waals surface area (Å²) in [4.78, 5) is 8.60. The lowest BCUT2D eigenvalue weighted by Crippen LogP contribution is -2.01. The summed E-state index contributed by atoms with van der Waals surface area (Å²) in [5.74, 6) is 1.25. The van der Waals surface area contributed by atoms with Crippen LogP contribution in [0.2, 0.25) is 0 Å². The number of methoxy groups -OCH3 is 1. The Balaban J connectivity index is 1.53. The molecule has 10 heteroatoms. The molecule has 0 aliphatic carbocycles. The fourth-order valence-corrected chi connectivity index (χ4v) is 3.83. The molecule has 158 valence electrons. The summed E-state index contributed by atoms with van der Waals surface area (Å²) in [5, 5.41) is 9.37. The molecule has 1 N–H and O–H groups in total. The number of hydrogen-bond donors (Lipinski definition) is 1. The van der Waals surface area contributed by atoms with Crippen LogP contribution in [-0.2, 0) is 15.6 Å². The number of nitrogens with zero attached hydrogens (tertiary/aromatic N) is 5. The maximum atomic E-state index is 11.4. The summed E-state index contributed by atoms with van der Waals surface area (Å²) in [6.45, 7) is 0. The zero-order chi connectivity index (χ0) is 21.8. The van der Waals surface area contributed by atoms with Gasteiger partial charge in [0.25, 0.3) is 0 Å². The molecule has 0 spiro atoms. The van der Waals surface area contributed by atoms with Crippen molar-refractivity contribution in [3.63, 3.8) is 0 Å². The molecular weight excluding hydrogens is 416 g/mol. The number of fused-ring (bicyclic) bond motifs is 1.